The van der Waals surface area contributed by atoms with E-state index in [0.717, 1.165) is 77.1 Å². The van der Waals surface area contributed by atoms with Crippen LogP contribution in [-0.4, -0.2) is 73.1 Å². The Morgan fingerprint density at radius 2 is 2.04 bits per heavy atom. The number of hydrogen-bond acceptors (Lipinski definition) is 4. The molecule has 1 aromatic heterocycles. The number of ether oxygens (including phenoxy) is 1. The highest BCUT2D eigenvalue weighted by atomic mass is 127. The van der Waals surface area contributed by atoms with E-state index in [1.807, 2.05) is 6.92 Å². The second-order valence-corrected chi connectivity index (χ2v) is 7.17. The number of hydrogen-bond donors (Lipinski definition) is 2. The van der Waals surface area contributed by atoms with Gasteiger partial charge in [-0.05, 0) is 39.2 Å². The van der Waals surface area contributed by atoms with E-state index in [0.29, 0.717) is 5.92 Å². The molecule has 1 unspecified atom stereocenters. The lowest BCUT2D eigenvalue weighted by Gasteiger charge is -2.28. The molecule has 1 fully saturated rings. The monoisotopic (exact) mass is 492 g/mol. The average Bonchev–Trinajstić information content (AvgIpc) is 2.94. The smallest absolute Gasteiger partial charge is 0.191 e. The molecular weight excluding hydrogens is 455 g/mol. The number of halogens is 1. The van der Waals surface area contributed by atoms with Crippen molar-refractivity contribution in [2.75, 3.05) is 52.5 Å². The van der Waals surface area contributed by atoms with Gasteiger partial charge in [-0.2, -0.15) is 5.10 Å². The maximum absolute atomic E-state index is 5.41. The lowest BCUT2D eigenvalue weighted by Crippen LogP contribution is -2.40. The summed E-state index contributed by atoms with van der Waals surface area (Å²) in [6.07, 6.45) is 1.02. The van der Waals surface area contributed by atoms with Gasteiger partial charge in [0.2, 0.25) is 0 Å². The van der Waals surface area contributed by atoms with Gasteiger partial charge >= 0.3 is 0 Å². The molecule has 8 heteroatoms. The number of guanidine groups is 1. The predicted octanol–water partition coefficient (Wildman–Crippen LogP) is 2.03. The van der Waals surface area contributed by atoms with Gasteiger partial charge in [-0.1, -0.05) is 6.92 Å². The minimum atomic E-state index is 0. The molecule has 0 bridgehead atoms. The second kappa shape index (κ2) is 13.3. The van der Waals surface area contributed by atoms with Crippen LogP contribution < -0.4 is 10.6 Å². The number of nitrogens with zero attached hydrogens (tertiary/aromatic N) is 4. The van der Waals surface area contributed by atoms with E-state index in [1.165, 1.54) is 5.69 Å². The Morgan fingerprint density at radius 1 is 1.30 bits per heavy atom. The predicted molar refractivity (Wildman–Crippen MR) is 122 cm³/mol. The van der Waals surface area contributed by atoms with E-state index in [1.54, 1.807) is 0 Å². The Bertz CT molecular complexity index is 556. The molecule has 0 aliphatic carbocycles. The van der Waals surface area contributed by atoms with Crippen LogP contribution in [0.4, 0.5) is 0 Å². The van der Waals surface area contributed by atoms with Crippen molar-refractivity contribution >= 4 is 29.9 Å². The van der Waals surface area contributed by atoms with E-state index in [4.69, 9.17) is 9.73 Å². The van der Waals surface area contributed by atoms with Crippen LogP contribution in [-0.2, 0) is 11.3 Å². The van der Waals surface area contributed by atoms with Gasteiger partial charge in [0.25, 0.3) is 0 Å². The highest BCUT2D eigenvalue weighted by Crippen LogP contribution is 2.04. The third kappa shape index (κ3) is 9.25. The minimum Gasteiger partial charge on any atom is -0.379 e. The van der Waals surface area contributed by atoms with Gasteiger partial charge in [0, 0.05) is 51.5 Å². The summed E-state index contributed by atoms with van der Waals surface area (Å²) in [5.74, 6) is 1.45. The number of morpholine rings is 1. The number of aryl methyl sites for hydroxylation is 3. The fraction of sp³-hybridized carbons (Fsp3) is 0.789. The molecule has 0 amide bonds. The molecule has 2 N–H and O–H groups in total. The third-order valence-corrected chi connectivity index (χ3v) is 4.52. The largest absolute Gasteiger partial charge is 0.379 e. The van der Waals surface area contributed by atoms with Crippen molar-refractivity contribution in [1.82, 2.24) is 25.3 Å². The molecule has 1 aromatic rings. The summed E-state index contributed by atoms with van der Waals surface area (Å²) in [5.41, 5.74) is 2.31. The zero-order chi connectivity index (χ0) is 18.8. The van der Waals surface area contributed by atoms with Crippen LogP contribution in [0.1, 0.15) is 31.7 Å². The summed E-state index contributed by atoms with van der Waals surface area (Å²) in [6, 6.07) is 2.12. The lowest BCUT2D eigenvalue weighted by molar-refractivity contribution is 0.0323. The van der Waals surface area contributed by atoms with Crippen molar-refractivity contribution < 1.29 is 4.74 Å². The molecule has 0 radical (unpaired) electrons. The molecule has 2 heterocycles. The van der Waals surface area contributed by atoms with E-state index < -0.39 is 0 Å². The van der Waals surface area contributed by atoms with Gasteiger partial charge in [0.1, 0.15) is 0 Å². The molecular formula is C19H37IN6O. The molecule has 2 rings (SSSR count). The minimum absolute atomic E-state index is 0. The molecule has 27 heavy (non-hydrogen) atoms. The Hall–Kier alpha value is -0.870. The van der Waals surface area contributed by atoms with E-state index in [-0.39, 0.29) is 24.0 Å². The van der Waals surface area contributed by atoms with E-state index >= 15 is 0 Å². The van der Waals surface area contributed by atoms with Crippen LogP contribution in [0.3, 0.4) is 0 Å². The summed E-state index contributed by atoms with van der Waals surface area (Å²) >= 11 is 0. The number of aromatic nitrogens is 2. The molecule has 0 aromatic carbocycles. The van der Waals surface area contributed by atoms with Crippen LogP contribution in [0.15, 0.2) is 11.1 Å². The third-order valence-electron chi connectivity index (χ3n) is 4.52. The molecule has 1 aliphatic rings. The van der Waals surface area contributed by atoms with Gasteiger partial charge in [0.05, 0.1) is 18.9 Å². The molecule has 0 spiro atoms. The van der Waals surface area contributed by atoms with Crippen molar-refractivity contribution in [2.45, 2.75) is 40.7 Å². The molecule has 1 atom stereocenters. The summed E-state index contributed by atoms with van der Waals surface area (Å²) in [4.78, 5) is 7.23. The van der Waals surface area contributed by atoms with Crippen molar-refractivity contribution in [3.63, 3.8) is 0 Å². The standard InChI is InChI=1S/C19H36N6O.HI/c1-5-20-19(21-7-6-8-25-18(4)13-17(3)23-25)22-14-16(2)15-24-9-11-26-12-10-24;/h13,16H,5-12,14-15H2,1-4H3,(H2,20,21,22);1H. The summed E-state index contributed by atoms with van der Waals surface area (Å²) in [6.45, 7) is 16.9. The Kier molecular flexibility index (Phi) is 11.9. The molecule has 7 nitrogen and oxygen atoms in total. The second-order valence-electron chi connectivity index (χ2n) is 7.17. The Morgan fingerprint density at radius 3 is 2.67 bits per heavy atom. The first-order chi connectivity index (χ1) is 12.6. The van der Waals surface area contributed by atoms with Crippen LogP contribution >= 0.6 is 24.0 Å². The first-order valence-electron chi connectivity index (χ1n) is 9.91. The highest BCUT2D eigenvalue weighted by Gasteiger charge is 2.13. The molecule has 156 valence electrons. The molecule has 1 aliphatic heterocycles. The van der Waals surface area contributed by atoms with Crippen molar-refractivity contribution in [1.29, 1.82) is 0 Å². The maximum Gasteiger partial charge on any atom is 0.191 e. The number of aliphatic imine (C=N–C) groups is 1. The van der Waals surface area contributed by atoms with Gasteiger partial charge in [-0.15, -0.1) is 24.0 Å². The van der Waals surface area contributed by atoms with Crippen LogP contribution in [0.25, 0.3) is 0 Å². The van der Waals surface area contributed by atoms with Crippen molar-refractivity contribution in [3.8, 4) is 0 Å². The summed E-state index contributed by atoms with van der Waals surface area (Å²) < 4.78 is 7.49. The lowest BCUT2D eigenvalue weighted by atomic mass is 10.1. The SMILES string of the molecule is CCNC(=NCC(C)CN1CCOCC1)NCCCn1nc(C)cc1C.I. The Labute approximate surface area is 181 Å². The van der Waals surface area contributed by atoms with Gasteiger partial charge in [-0.25, -0.2) is 0 Å². The normalized spacial score (nSPS) is 16.7. The van der Waals surface area contributed by atoms with Crippen LogP contribution in [0.2, 0.25) is 0 Å². The zero-order valence-electron chi connectivity index (χ0n) is 17.3. The summed E-state index contributed by atoms with van der Waals surface area (Å²) in [5, 5.41) is 11.3. The topological polar surface area (TPSA) is 66.7 Å². The number of rotatable bonds is 9. The fourth-order valence-electron chi connectivity index (χ4n) is 3.21. The van der Waals surface area contributed by atoms with Crippen molar-refractivity contribution in [3.05, 3.63) is 17.5 Å². The quantitative estimate of drug-likeness (QED) is 0.239. The Balaban J connectivity index is 0.00000364. The summed E-state index contributed by atoms with van der Waals surface area (Å²) in [7, 11) is 0. The zero-order valence-corrected chi connectivity index (χ0v) is 19.7. The maximum atomic E-state index is 5.41. The molecule has 1 saturated heterocycles. The average molecular weight is 492 g/mol. The van der Waals surface area contributed by atoms with Gasteiger partial charge in [0.15, 0.2) is 5.96 Å². The first-order valence-corrected chi connectivity index (χ1v) is 9.91. The van der Waals surface area contributed by atoms with E-state index in [9.17, 15) is 0 Å². The highest BCUT2D eigenvalue weighted by molar-refractivity contribution is 14.0. The number of nitrogens with one attached hydrogen (secondary N) is 2. The van der Waals surface area contributed by atoms with Gasteiger partial charge < -0.3 is 15.4 Å². The van der Waals surface area contributed by atoms with Crippen LogP contribution in [0, 0.1) is 19.8 Å². The van der Waals surface area contributed by atoms with E-state index in [2.05, 4.69) is 52.2 Å². The van der Waals surface area contributed by atoms with Gasteiger partial charge in [-0.3, -0.25) is 14.6 Å². The van der Waals surface area contributed by atoms with Crippen LogP contribution in [0.5, 0.6) is 0 Å². The molecule has 0 saturated carbocycles. The van der Waals surface area contributed by atoms with Crippen molar-refractivity contribution in [2.24, 2.45) is 10.9 Å². The fourth-order valence-corrected chi connectivity index (χ4v) is 3.21. The first kappa shape index (κ1) is 24.2.